The van der Waals surface area contributed by atoms with Crippen LogP contribution in [0.25, 0.3) is 17.0 Å². The minimum absolute atomic E-state index is 0. The molecule has 4 N–H and O–H groups in total. The summed E-state index contributed by atoms with van der Waals surface area (Å²) in [6.07, 6.45) is 2.84. The van der Waals surface area contributed by atoms with Gasteiger partial charge in [-0.15, -0.1) is 12.1 Å². The number of fused-ring (bicyclic) bond motifs is 1. The van der Waals surface area contributed by atoms with Crippen LogP contribution in [-0.4, -0.2) is 22.2 Å². The molecule has 0 unspecified atom stereocenters. The average Bonchev–Trinajstić information content (AvgIpc) is 3.08. The average molecular weight is 458 g/mol. The van der Waals surface area contributed by atoms with Crippen molar-refractivity contribution >= 4 is 34.6 Å². The van der Waals surface area contributed by atoms with Gasteiger partial charge in [-0.25, -0.2) is 5.43 Å². The number of rotatable bonds is 4. The number of carboxylic acids is 1. The number of carboxylic acid groups (broad SMARTS) is 1. The Balaban J connectivity index is 0.000000714. The number of carbonyl (C=O) groups is 2. The summed E-state index contributed by atoms with van der Waals surface area (Å²) in [6, 6.07) is 15.6. The Morgan fingerprint density at radius 3 is 2.48 bits per heavy atom. The van der Waals surface area contributed by atoms with Crippen molar-refractivity contribution in [3.63, 3.8) is 0 Å². The molecule has 33 heavy (non-hydrogen) atoms. The van der Waals surface area contributed by atoms with Gasteiger partial charge in [0.1, 0.15) is 17.5 Å². The Bertz CT molecular complexity index is 1220. The van der Waals surface area contributed by atoms with Crippen molar-refractivity contribution in [1.29, 1.82) is 0 Å². The van der Waals surface area contributed by atoms with Crippen molar-refractivity contribution < 1.29 is 48.7 Å². The smallest absolute Gasteiger partial charge is 0.481 e. The van der Waals surface area contributed by atoms with E-state index in [0.29, 0.717) is 22.5 Å². The zero-order valence-corrected chi connectivity index (χ0v) is 20.8. The van der Waals surface area contributed by atoms with Gasteiger partial charge in [0.05, 0.1) is 10.9 Å². The molecule has 166 valence electrons. The fourth-order valence-electron chi connectivity index (χ4n) is 2.88. The summed E-state index contributed by atoms with van der Waals surface area (Å²) < 4.78 is 5.59. The molecule has 4 rings (SSSR count). The summed E-state index contributed by atoms with van der Waals surface area (Å²) in [5.41, 5.74) is 11.1. The molecule has 2 heterocycles. The first-order valence-corrected chi connectivity index (χ1v) is 9.82. The molecule has 2 aromatic carbocycles. The van der Waals surface area contributed by atoms with Crippen molar-refractivity contribution in [3.8, 4) is 0 Å². The van der Waals surface area contributed by atoms with E-state index in [9.17, 15) is 9.59 Å². The van der Waals surface area contributed by atoms with Gasteiger partial charge in [0, 0.05) is 6.92 Å². The van der Waals surface area contributed by atoms with Crippen LogP contribution < -0.4 is 51.3 Å². The largest absolute Gasteiger partial charge is 1.00 e. The third-order valence-corrected chi connectivity index (χ3v) is 4.44. The second-order valence-corrected chi connectivity index (χ2v) is 7.30. The van der Waals surface area contributed by atoms with Crippen LogP contribution in [0.2, 0.25) is 0 Å². The molecular weight excluding hydrogens is 435 g/mol. The van der Waals surface area contributed by atoms with Gasteiger partial charge < -0.3 is 14.9 Å². The summed E-state index contributed by atoms with van der Waals surface area (Å²) in [7, 11) is 0. The molecular formula is C23H23N4NaO5. The van der Waals surface area contributed by atoms with Crippen molar-refractivity contribution in [1.82, 2.24) is 16.1 Å². The quantitative estimate of drug-likeness (QED) is 0.245. The molecule has 0 bridgehead atoms. The summed E-state index contributed by atoms with van der Waals surface area (Å²) in [5.74, 6) is -0.909. The minimum Gasteiger partial charge on any atom is -0.481 e. The van der Waals surface area contributed by atoms with Crippen LogP contribution in [0.3, 0.4) is 0 Å². The number of benzene rings is 2. The summed E-state index contributed by atoms with van der Waals surface area (Å²) in [5, 5.41) is 9.23. The number of hydrogen-bond donors (Lipinski definition) is 4. The molecule has 1 aliphatic heterocycles. The molecule has 1 fully saturated rings. The normalized spacial score (nSPS) is 14.2. The predicted octanol–water partition coefficient (Wildman–Crippen LogP) is 0.0309. The standard InChI is InChI=1S/C21H19N4O3.C2H4O2.Na/c1-13(2)14-8-9-19-17(10-14)20(26)15(12-28-19)11-18-21(27)24-25(23-18)22-16-6-4-3-5-7-16;1-2(3)4;/h4-13,22-23H,1-2H3,(H,24,27);1H3,(H,3,4);/q-1;;+1. The number of carbonyl (C=O) groups excluding carboxylic acids is 1. The maximum Gasteiger partial charge on any atom is 1.00 e. The van der Waals surface area contributed by atoms with Gasteiger partial charge in [0.2, 0.25) is 0 Å². The SMILES string of the molecule is CC(=O)O.CC(C)c1ccc2occ(C=C3NN(Nc4cc[c-]cc4)NC3=O)c(=O)c2c1.[Na+]. The van der Waals surface area contributed by atoms with Gasteiger partial charge in [-0.2, -0.15) is 18.2 Å². The maximum absolute atomic E-state index is 12.9. The Labute approximate surface area is 212 Å². The molecule has 9 nitrogen and oxygen atoms in total. The van der Waals surface area contributed by atoms with Crippen molar-refractivity contribution in [3.05, 3.63) is 81.8 Å². The van der Waals surface area contributed by atoms with Gasteiger partial charge in [0.25, 0.3) is 11.9 Å². The summed E-state index contributed by atoms with van der Waals surface area (Å²) >= 11 is 0. The number of nitrogens with zero attached hydrogens (tertiary/aromatic N) is 1. The van der Waals surface area contributed by atoms with Crippen molar-refractivity contribution in [2.24, 2.45) is 0 Å². The van der Waals surface area contributed by atoms with E-state index in [0.717, 1.165) is 18.2 Å². The number of amides is 1. The molecule has 0 spiro atoms. The molecule has 1 aromatic heterocycles. The number of nitrogens with one attached hydrogen (secondary N) is 3. The van der Waals surface area contributed by atoms with Gasteiger partial charge in [-0.05, 0) is 34.9 Å². The molecule has 1 amide bonds. The third-order valence-electron chi connectivity index (χ3n) is 4.44. The third kappa shape index (κ3) is 6.93. The molecule has 0 radical (unpaired) electrons. The molecule has 1 saturated heterocycles. The second-order valence-electron chi connectivity index (χ2n) is 7.30. The van der Waals surface area contributed by atoms with Gasteiger partial charge >= 0.3 is 29.6 Å². The molecule has 1 aliphatic rings. The predicted molar refractivity (Wildman–Crippen MR) is 120 cm³/mol. The Kier molecular flexibility index (Phi) is 9.24. The van der Waals surface area contributed by atoms with Crippen LogP contribution in [0, 0.1) is 6.07 Å². The fraction of sp³-hybridized carbons (Fsp3) is 0.174. The number of anilines is 1. The van der Waals surface area contributed by atoms with Crippen LogP contribution in [0.1, 0.15) is 37.8 Å². The fourth-order valence-corrected chi connectivity index (χ4v) is 2.88. The zero-order valence-electron chi connectivity index (χ0n) is 18.8. The zero-order chi connectivity index (χ0) is 23.3. The van der Waals surface area contributed by atoms with E-state index in [1.807, 2.05) is 12.1 Å². The van der Waals surface area contributed by atoms with Gasteiger partial charge in [-0.1, -0.05) is 25.6 Å². The number of aliphatic carboxylic acids is 1. The van der Waals surface area contributed by atoms with Crippen LogP contribution in [0.15, 0.2) is 63.6 Å². The first-order chi connectivity index (χ1) is 15.2. The van der Waals surface area contributed by atoms with E-state index < -0.39 is 5.97 Å². The van der Waals surface area contributed by atoms with Crippen molar-refractivity contribution in [2.75, 3.05) is 5.43 Å². The topological polar surface area (TPSA) is 124 Å². The first-order valence-electron chi connectivity index (χ1n) is 9.82. The van der Waals surface area contributed by atoms with E-state index in [2.05, 4.69) is 36.2 Å². The molecule has 0 atom stereocenters. The number of hydrogen-bond acceptors (Lipinski definition) is 7. The first kappa shape index (κ1) is 26.1. The molecule has 3 aromatic rings. The summed E-state index contributed by atoms with van der Waals surface area (Å²) in [6.45, 7) is 5.21. The van der Waals surface area contributed by atoms with Crippen LogP contribution in [-0.2, 0) is 9.59 Å². The van der Waals surface area contributed by atoms with E-state index in [4.69, 9.17) is 14.3 Å². The van der Waals surface area contributed by atoms with E-state index in [-0.39, 0.29) is 46.6 Å². The minimum atomic E-state index is -0.833. The van der Waals surface area contributed by atoms with E-state index in [1.54, 1.807) is 30.3 Å². The van der Waals surface area contributed by atoms with E-state index >= 15 is 0 Å². The molecule has 0 saturated carbocycles. The molecule has 0 aliphatic carbocycles. The number of hydrazine groups is 3. The van der Waals surface area contributed by atoms with Crippen LogP contribution >= 0.6 is 0 Å². The van der Waals surface area contributed by atoms with Gasteiger partial charge in [0.15, 0.2) is 5.43 Å². The second kappa shape index (κ2) is 11.7. The Morgan fingerprint density at radius 2 is 1.85 bits per heavy atom. The Morgan fingerprint density at radius 1 is 1.18 bits per heavy atom. The molecule has 10 heteroatoms. The monoisotopic (exact) mass is 458 g/mol. The summed E-state index contributed by atoms with van der Waals surface area (Å²) in [4.78, 5) is 34.1. The van der Waals surface area contributed by atoms with E-state index in [1.165, 1.54) is 17.6 Å². The van der Waals surface area contributed by atoms with Crippen molar-refractivity contribution in [2.45, 2.75) is 26.7 Å². The van der Waals surface area contributed by atoms with Gasteiger partial charge in [-0.3, -0.25) is 19.8 Å². The van der Waals surface area contributed by atoms with Crippen LogP contribution in [0.4, 0.5) is 5.69 Å². The Hall–Kier alpha value is -3.11. The maximum atomic E-state index is 12.9. The van der Waals surface area contributed by atoms with Crippen LogP contribution in [0.5, 0.6) is 0 Å².